The van der Waals surface area contributed by atoms with Crippen LogP contribution in [0.15, 0.2) is 40.8 Å². The van der Waals surface area contributed by atoms with Gasteiger partial charge in [0.2, 0.25) is 0 Å². The molecule has 1 aromatic carbocycles. The molecular formula is C16H14ClN3O2S. The van der Waals surface area contributed by atoms with E-state index < -0.39 is 0 Å². The quantitative estimate of drug-likeness (QED) is 0.759. The van der Waals surface area contributed by atoms with Gasteiger partial charge in [0, 0.05) is 5.56 Å². The Morgan fingerprint density at radius 3 is 2.74 bits per heavy atom. The predicted molar refractivity (Wildman–Crippen MR) is 89.6 cm³/mol. The van der Waals surface area contributed by atoms with Crippen LogP contribution >= 0.6 is 22.9 Å². The number of nitrogens with zero attached hydrogens (tertiary/aromatic N) is 2. The zero-order chi connectivity index (χ0) is 16.2. The first-order chi connectivity index (χ1) is 11.2. The first-order valence-corrected chi connectivity index (χ1v) is 8.31. The summed E-state index contributed by atoms with van der Waals surface area (Å²) in [5.74, 6) is 0.502. The molecule has 0 atom stereocenters. The number of hydrogen-bond acceptors (Lipinski definition) is 5. The Labute approximate surface area is 142 Å². The van der Waals surface area contributed by atoms with Crippen LogP contribution < -0.4 is 5.32 Å². The van der Waals surface area contributed by atoms with E-state index in [0.717, 1.165) is 22.0 Å². The second-order valence-electron chi connectivity index (χ2n) is 4.77. The molecule has 2 heterocycles. The first-order valence-electron chi connectivity index (χ1n) is 7.11. The minimum atomic E-state index is -0.295. The molecule has 0 aliphatic carbocycles. The third-order valence-electron chi connectivity index (χ3n) is 3.18. The van der Waals surface area contributed by atoms with E-state index in [1.165, 1.54) is 11.3 Å². The van der Waals surface area contributed by atoms with Crippen molar-refractivity contribution in [2.45, 2.75) is 19.9 Å². The highest BCUT2D eigenvalue weighted by Gasteiger charge is 2.14. The number of amides is 1. The van der Waals surface area contributed by atoms with Crippen molar-refractivity contribution in [1.29, 1.82) is 0 Å². The van der Waals surface area contributed by atoms with E-state index in [-0.39, 0.29) is 11.7 Å². The highest BCUT2D eigenvalue weighted by molar-refractivity contribution is 7.11. The van der Waals surface area contributed by atoms with Gasteiger partial charge in [0.15, 0.2) is 5.76 Å². The van der Waals surface area contributed by atoms with Crippen LogP contribution in [0.25, 0.3) is 11.3 Å². The largest absolute Gasteiger partial charge is 0.451 e. The minimum Gasteiger partial charge on any atom is -0.451 e. The van der Waals surface area contributed by atoms with Crippen LogP contribution in [-0.4, -0.2) is 16.1 Å². The lowest BCUT2D eigenvalue weighted by molar-refractivity contribution is 0.0924. The summed E-state index contributed by atoms with van der Waals surface area (Å²) in [4.78, 5) is 12.1. The lowest BCUT2D eigenvalue weighted by atomic mass is 10.2. The fourth-order valence-electron chi connectivity index (χ4n) is 2.01. The number of nitrogens with one attached hydrogen (secondary N) is 1. The Balaban J connectivity index is 1.68. The number of hydrogen-bond donors (Lipinski definition) is 1. The second-order valence-corrected chi connectivity index (χ2v) is 6.32. The molecule has 3 rings (SSSR count). The molecule has 7 heteroatoms. The molecule has 0 unspecified atom stereocenters. The molecule has 2 aromatic heterocycles. The number of carbonyl (C=O) groups is 1. The Kier molecular flexibility index (Phi) is 4.73. The van der Waals surface area contributed by atoms with Crippen molar-refractivity contribution in [3.8, 4) is 11.3 Å². The van der Waals surface area contributed by atoms with Crippen molar-refractivity contribution < 1.29 is 9.21 Å². The van der Waals surface area contributed by atoms with E-state index in [0.29, 0.717) is 17.3 Å². The van der Waals surface area contributed by atoms with Gasteiger partial charge in [-0.15, -0.1) is 10.2 Å². The molecule has 0 radical (unpaired) electrons. The third kappa shape index (κ3) is 3.60. The molecule has 0 aliphatic rings. The number of aryl methyl sites for hydroxylation is 1. The predicted octanol–water partition coefficient (Wildman–Crippen LogP) is 3.94. The first kappa shape index (κ1) is 15.7. The molecule has 0 spiro atoms. The van der Waals surface area contributed by atoms with Gasteiger partial charge in [-0.1, -0.05) is 42.0 Å². The molecule has 0 saturated carbocycles. The van der Waals surface area contributed by atoms with Crippen molar-refractivity contribution in [2.75, 3.05) is 0 Å². The maximum Gasteiger partial charge on any atom is 0.287 e. The highest BCUT2D eigenvalue weighted by atomic mass is 35.5. The Bertz CT molecular complexity index is 828. The maximum atomic E-state index is 12.1. The summed E-state index contributed by atoms with van der Waals surface area (Å²) in [7, 11) is 0. The fraction of sp³-hybridized carbons (Fsp3) is 0.188. The van der Waals surface area contributed by atoms with Gasteiger partial charge in [-0.05, 0) is 30.7 Å². The van der Waals surface area contributed by atoms with Crippen molar-refractivity contribution in [3.63, 3.8) is 0 Å². The Morgan fingerprint density at radius 2 is 2.00 bits per heavy atom. The van der Waals surface area contributed by atoms with Crippen LogP contribution in [0.5, 0.6) is 0 Å². The minimum absolute atomic E-state index is 0.236. The Hall–Kier alpha value is -2.18. The van der Waals surface area contributed by atoms with E-state index in [1.54, 1.807) is 18.2 Å². The molecule has 118 valence electrons. The molecule has 1 N–H and O–H groups in total. The summed E-state index contributed by atoms with van der Waals surface area (Å²) < 4.78 is 5.60. The van der Waals surface area contributed by atoms with Gasteiger partial charge in [-0.25, -0.2) is 0 Å². The average Bonchev–Trinajstić information content (AvgIpc) is 3.22. The number of furan rings is 1. The fourth-order valence-corrected chi connectivity index (χ4v) is 2.96. The van der Waals surface area contributed by atoms with Crippen LogP contribution in [0.2, 0.25) is 5.02 Å². The third-order valence-corrected chi connectivity index (χ3v) is 4.58. The van der Waals surface area contributed by atoms with E-state index in [4.69, 9.17) is 16.0 Å². The highest BCUT2D eigenvalue weighted by Crippen LogP contribution is 2.29. The van der Waals surface area contributed by atoms with Crippen molar-refractivity contribution in [1.82, 2.24) is 15.5 Å². The molecule has 0 saturated heterocycles. The number of carbonyl (C=O) groups excluding carboxylic acids is 1. The lowest BCUT2D eigenvalue weighted by Gasteiger charge is -2.01. The van der Waals surface area contributed by atoms with Crippen LogP contribution in [0.4, 0.5) is 0 Å². The van der Waals surface area contributed by atoms with Crippen molar-refractivity contribution in [2.24, 2.45) is 0 Å². The van der Waals surface area contributed by atoms with Crippen molar-refractivity contribution >= 4 is 28.8 Å². The Morgan fingerprint density at radius 1 is 1.22 bits per heavy atom. The SMILES string of the molecule is CCc1nnc(CNC(=O)c2ccc(-c3ccccc3Cl)o2)s1. The van der Waals surface area contributed by atoms with Crippen LogP contribution in [-0.2, 0) is 13.0 Å². The number of rotatable bonds is 5. The molecule has 0 fully saturated rings. The molecule has 23 heavy (non-hydrogen) atoms. The number of benzene rings is 1. The molecule has 0 aliphatic heterocycles. The van der Waals surface area contributed by atoms with Gasteiger partial charge in [-0.2, -0.15) is 0 Å². The van der Waals surface area contributed by atoms with Gasteiger partial charge in [0.05, 0.1) is 11.6 Å². The average molecular weight is 348 g/mol. The molecular weight excluding hydrogens is 334 g/mol. The monoisotopic (exact) mass is 347 g/mol. The van der Waals surface area contributed by atoms with Crippen LogP contribution in [0.3, 0.4) is 0 Å². The smallest absolute Gasteiger partial charge is 0.287 e. The number of halogens is 1. The molecule has 0 bridgehead atoms. The summed E-state index contributed by atoms with van der Waals surface area (Å²) in [6.45, 7) is 2.35. The molecule has 5 nitrogen and oxygen atoms in total. The zero-order valence-electron chi connectivity index (χ0n) is 12.4. The summed E-state index contributed by atoms with van der Waals surface area (Å²) in [5, 5.41) is 13.1. The number of aromatic nitrogens is 2. The summed E-state index contributed by atoms with van der Waals surface area (Å²) in [6.07, 6.45) is 0.838. The maximum absolute atomic E-state index is 12.1. The van der Waals surface area contributed by atoms with E-state index >= 15 is 0 Å². The molecule has 3 aromatic rings. The van der Waals surface area contributed by atoms with Gasteiger partial charge >= 0.3 is 0 Å². The second kappa shape index (κ2) is 6.93. The van der Waals surface area contributed by atoms with Gasteiger partial charge in [0.1, 0.15) is 15.8 Å². The van der Waals surface area contributed by atoms with Gasteiger partial charge in [0.25, 0.3) is 5.91 Å². The van der Waals surface area contributed by atoms with Crippen LogP contribution in [0.1, 0.15) is 27.5 Å². The standard InChI is InChI=1S/C16H14ClN3O2S/c1-2-14-19-20-15(23-14)9-18-16(21)13-8-7-12(22-13)10-5-3-4-6-11(10)17/h3-8H,2,9H2,1H3,(H,18,21). The van der Waals surface area contributed by atoms with E-state index in [1.807, 2.05) is 25.1 Å². The van der Waals surface area contributed by atoms with Gasteiger partial charge < -0.3 is 9.73 Å². The normalized spacial score (nSPS) is 10.7. The molecule has 1 amide bonds. The van der Waals surface area contributed by atoms with Gasteiger partial charge in [-0.3, -0.25) is 4.79 Å². The summed E-state index contributed by atoms with van der Waals surface area (Å²) >= 11 is 7.62. The van der Waals surface area contributed by atoms with Crippen molar-refractivity contribution in [3.05, 3.63) is 57.2 Å². The lowest BCUT2D eigenvalue weighted by Crippen LogP contribution is -2.22. The topological polar surface area (TPSA) is 68.0 Å². The summed E-state index contributed by atoms with van der Waals surface area (Å²) in [5.41, 5.74) is 0.755. The zero-order valence-corrected chi connectivity index (χ0v) is 13.9. The van der Waals surface area contributed by atoms with Crippen LogP contribution in [0, 0.1) is 0 Å². The van der Waals surface area contributed by atoms with E-state index in [2.05, 4.69) is 15.5 Å². The van der Waals surface area contributed by atoms with E-state index in [9.17, 15) is 4.79 Å². The summed E-state index contributed by atoms with van der Waals surface area (Å²) in [6, 6.07) is 10.7.